The molecule has 0 radical (unpaired) electrons. The highest BCUT2D eigenvalue weighted by atomic mass is 35.5. The zero-order chi connectivity index (χ0) is 14.3. The summed E-state index contributed by atoms with van der Waals surface area (Å²) < 4.78 is 6.96. The Morgan fingerprint density at radius 1 is 1.47 bits per heavy atom. The van der Waals surface area contributed by atoms with Gasteiger partial charge in [0.05, 0.1) is 22.7 Å². The molecule has 0 saturated heterocycles. The van der Waals surface area contributed by atoms with Crippen LogP contribution in [0.1, 0.15) is 28.5 Å². The lowest BCUT2D eigenvalue weighted by Gasteiger charge is -2.06. The zero-order valence-electron chi connectivity index (χ0n) is 11.4. The number of hydrogen-bond donors (Lipinski definition) is 1. The minimum atomic E-state index is -0.419. The molecular formula is C14H16ClNO3. The van der Waals surface area contributed by atoms with Gasteiger partial charge in [-0.1, -0.05) is 11.6 Å². The number of phenolic OH excluding ortho intramolecular Hbond substituents is 1. The van der Waals surface area contributed by atoms with Gasteiger partial charge in [0.2, 0.25) is 0 Å². The molecule has 0 atom stereocenters. The van der Waals surface area contributed by atoms with E-state index in [1.165, 1.54) is 0 Å². The van der Waals surface area contributed by atoms with Crippen molar-refractivity contribution in [1.29, 1.82) is 0 Å². The maximum atomic E-state index is 12.1. The van der Waals surface area contributed by atoms with Gasteiger partial charge in [0.25, 0.3) is 0 Å². The highest BCUT2D eigenvalue weighted by Gasteiger charge is 2.24. The normalized spacial score (nSPS) is 11.0. The van der Waals surface area contributed by atoms with E-state index in [9.17, 15) is 9.90 Å². The lowest BCUT2D eigenvalue weighted by Crippen LogP contribution is -2.06. The Labute approximate surface area is 116 Å². The molecule has 0 fully saturated rings. The van der Waals surface area contributed by atoms with Gasteiger partial charge in [-0.25, -0.2) is 4.79 Å². The van der Waals surface area contributed by atoms with Crippen molar-refractivity contribution in [3.8, 4) is 5.75 Å². The summed E-state index contributed by atoms with van der Waals surface area (Å²) in [7, 11) is 1.86. The summed E-state index contributed by atoms with van der Waals surface area (Å²) in [5.41, 5.74) is 2.88. The molecule has 0 saturated carbocycles. The van der Waals surface area contributed by atoms with Crippen LogP contribution in [0.25, 0.3) is 10.9 Å². The number of carbonyl (C=O) groups is 1. The van der Waals surface area contributed by atoms with Crippen LogP contribution in [-0.2, 0) is 11.8 Å². The molecule has 0 aliphatic rings. The molecule has 102 valence electrons. The number of aryl methyl sites for hydroxylation is 2. The Hall–Kier alpha value is -1.68. The van der Waals surface area contributed by atoms with E-state index >= 15 is 0 Å². The van der Waals surface area contributed by atoms with Crippen LogP contribution in [0, 0.1) is 13.8 Å². The number of aromatic hydroxyl groups is 1. The first-order valence-corrected chi connectivity index (χ1v) is 6.42. The van der Waals surface area contributed by atoms with Gasteiger partial charge in [-0.05, 0) is 32.4 Å². The summed E-state index contributed by atoms with van der Waals surface area (Å²) in [5.74, 6) is -0.444. The van der Waals surface area contributed by atoms with Crippen LogP contribution in [0.2, 0.25) is 5.02 Å². The molecule has 0 amide bonds. The number of ether oxygens (including phenoxy) is 1. The Balaban J connectivity index is 2.91. The van der Waals surface area contributed by atoms with Crippen molar-refractivity contribution in [2.75, 3.05) is 6.61 Å². The van der Waals surface area contributed by atoms with Crippen molar-refractivity contribution >= 4 is 28.5 Å². The van der Waals surface area contributed by atoms with Crippen molar-refractivity contribution in [2.24, 2.45) is 7.05 Å². The predicted octanol–water partition coefficient (Wildman–Crippen LogP) is 3.33. The van der Waals surface area contributed by atoms with E-state index in [2.05, 4.69) is 0 Å². The summed E-state index contributed by atoms with van der Waals surface area (Å²) in [6.07, 6.45) is 0. The topological polar surface area (TPSA) is 51.5 Å². The number of benzene rings is 1. The fourth-order valence-electron chi connectivity index (χ4n) is 2.40. The van der Waals surface area contributed by atoms with E-state index in [0.29, 0.717) is 17.6 Å². The van der Waals surface area contributed by atoms with Gasteiger partial charge in [0.15, 0.2) is 0 Å². The third kappa shape index (κ3) is 1.96. The number of fused-ring (bicyclic) bond motifs is 1. The molecule has 1 heterocycles. The lowest BCUT2D eigenvalue weighted by atomic mass is 10.1. The van der Waals surface area contributed by atoms with E-state index in [0.717, 1.165) is 16.8 Å². The average Bonchev–Trinajstić information content (AvgIpc) is 2.60. The van der Waals surface area contributed by atoms with Gasteiger partial charge in [0, 0.05) is 18.1 Å². The van der Waals surface area contributed by atoms with Gasteiger partial charge in [-0.15, -0.1) is 0 Å². The molecular weight excluding hydrogens is 266 g/mol. The number of hydrogen-bond acceptors (Lipinski definition) is 3. The van der Waals surface area contributed by atoms with Crippen LogP contribution in [-0.4, -0.2) is 22.2 Å². The van der Waals surface area contributed by atoms with Crippen molar-refractivity contribution in [1.82, 2.24) is 4.57 Å². The van der Waals surface area contributed by atoms with E-state index < -0.39 is 5.97 Å². The van der Waals surface area contributed by atoms with E-state index in [1.54, 1.807) is 13.0 Å². The number of aromatic nitrogens is 1. The molecule has 0 unspecified atom stereocenters. The minimum Gasteiger partial charge on any atom is -0.506 e. The summed E-state index contributed by atoms with van der Waals surface area (Å²) >= 11 is 6.16. The largest absolute Gasteiger partial charge is 0.506 e. The molecule has 4 nitrogen and oxygen atoms in total. The van der Waals surface area contributed by atoms with Gasteiger partial charge in [-0.3, -0.25) is 0 Å². The number of nitrogens with zero attached hydrogens (tertiary/aromatic N) is 1. The third-order valence-electron chi connectivity index (χ3n) is 3.34. The molecule has 1 N–H and O–H groups in total. The first-order chi connectivity index (χ1) is 8.90. The monoisotopic (exact) mass is 281 g/mol. The fraction of sp³-hybridized carbons (Fsp3) is 0.357. The Morgan fingerprint density at radius 3 is 2.68 bits per heavy atom. The number of esters is 1. The molecule has 0 aliphatic heterocycles. The second-order valence-corrected chi connectivity index (χ2v) is 4.87. The van der Waals surface area contributed by atoms with Crippen LogP contribution in [0.15, 0.2) is 6.07 Å². The molecule has 0 spiro atoms. The summed E-state index contributed by atoms with van der Waals surface area (Å²) in [6.45, 7) is 5.75. The SMILES string of the molecule is CCOC(=O)c1c(C)n(C)c2c(C)cc(O)c(Cl)c12. The van der Waals surface area contributed by atoms with Crippen LogP contribution < -0.4 is 0 Å². The van der Waals surface area contributed by atoms with Crippen molar-refractivity contribution < 1.29 is 14.6 Å². The van der Waals surface area contributed by atoms with E-state index in [-0.39, 0.29) is 10.8 Å². The summed E-state index contributed by atoms with van der Waals surface area (Å²) in [6, 6.07) is 1.60. The first kappa shape index (κ1) is 13.7. The maximum Gasteiger partial charge on any atom is 0.340 e. The molecule has 2 aromatic rings. The number of rotatable bonds is 2. The predicted molar refractivity (Wildman–Crippen MR) is 75.0 cm³/mol. The maximum absolute atomic E-state index is 12.1. The molecule has 1 aromatic carbocycles. The molecule has 2 rings (SSSR count). The highest BCUT2D eigenvalue weighted by Crippen LogP contribution is 2.39. The molecule has 5 heteroatoms. The fourth-order valence-corrected chi connectivity index (χ4v) is 2.63. The number of carbonyl (C=O) groups excluding carboxylic acids is 1. The van der Waals surface area contributed by atoms with Crippen LogP contribution in [0.5, 0.6) is 5.75 Å². The van der Waals surface area contributed by atoms with Crippen LogP contribution in [0.3, 0.4) is 0 Å². The first-order valence-electron chi connectivity index (χ1n) is 6.04. The zero-order valence-corrected chi connectivity index (χ0v) is 12.1. The Bertz CT molecular complexity index is 673. The van der Waals surface area contributed by atoms with Crippen molar-refractivity contribution in [2.45, 2.75) is 20.8 Å². The second kappa shape index (κ2) is 4.78. The van der Waals surface area contributed by atoms with Crippen molar-refractivity contribution in [3.63, 3.8) is 0 Å². The minimum absolute atomic E-state index is 0.0252. The summed E-state index contributed by atoms with van der Waals surface area (Å²) in [4.78, 5) is 12.1. The lowest BCUT2D eigenvalue weighted by molar-refractivity contribution is 0.0527. The van der Waals surface area contributed by atoms with Crippen LogP contribution in [0.4, 0.5) is 0 Å². The Kier molecular flexibility index (Phi) is 3.45. The van der Waals surface area contributed by atoms with Crippen molar-refractivity contribution in [3.05, 3.63) is 27.9 Å². The van der Waals surface area contributed by atoms with Crippen LogP contribution >= 0.6 is 11.6 Å². The van der Waals surface area contributed by atoms with Gasteiger partial charge < -0.3 is 14.4 Å². The van der Waals surface area contributed by atoms with Gasteiger partial charge >= 0.3 is 5.97 Å². The standard InChI is InChI=1S/C14H16ClNO3/c1-5-19-14(18)10-8(3)16(4)13-7(2)6-9(17)12(15)11(10)13/h6,17H,5H2,1-4H3. The van der Waals surface area contributed by atoms with E-state index in [1.807, 2.05) is 25.5 Å². The molecule has 1 aromatic heterocycles. The third-order valence-corrected chi connectivity index (χ3v) is 3.72. The molecule has 0 bridgehead atoms. The second-order valence-electron chi connectivity index (χ2n) is 4.49. The number of phenols is 1. The van der Waals surface area contributed by atoms with Gasteiger partial charge in [0.1, 0.15) is 5.75 Å². The average molecular weight is 282 g/mol. The summed E-state index contributed by atoms with van der Waals surface area (Å²) in [5, 5.41) is 10.6. The molecule has 19 heavy (non-hydrogen) atoms. The van der Waals surface area contributed by atoms with E-state index in [4.69, 9.17) is 16.3 Å². The quantitative estimate of drug-likeness (QED) is 0.859. The Morgan fingerprint density at radius 2 is 2.11 bits per heavy atom. The highest BCUT2D eigenvalue weighted by molar-refractivity contribution is 6.38. The smallest absolute Gasteiger partial charge is 0.340 e. The van der Waals surface area contributed by atoms with Gasteiger partial charge in [-0.2, -0.15) is 0 Å². The number of halogens is 1. The molecule has 0 aliphatic carbocycles.